The van der Waals surface area contributed by atoms with Crippen LogP contribution in [0.25, 0.3) is 0 Å². The van der Waals surface area contributed by atoms with E-state index < -0.39 is 14.2 Å². The number of aliphatic hydroxyl groups is 1. The molecule has 0 aromatic carbocycles. The van der Waals surface area contributed by atoms with Crippen LogP contribution in [0.4, 0.5) is 0 Å². The van der Waals surface area contributed by atoms with Crippen LogP contribution in [0.3, 0.4) is 0 Å². The van der Waals surface area contributed by atoms with Crippen molar-refractivity contribution in [3.8, 4) is 0 Å². The lowest BCUT2D eigenvalue weighted by atomic mass is 9.65. The van der Waals surface area contributed by atoms with Gasteiger partial charge in [0, 0.05) is 12.3 Å². The summed E-state index contributed by atoms with van der Waals surface area (Å²) in [6, 6.07) is 1.12. The Morgan fingerprint density at radius 2 is 1.92 bits per heavy atom. The fourth-order valence-corrected chi connectivity index (χ4v) is 7.88. The molecule has 0 saturated carbocycles. The van der Waals surface area contributed by atoms with Crippen LogP contribution in [0.2, 0.25) is 24.2 Å². The summed E-state index contributed by atoms with van der Waals surface area (Å²) in [5, 5.41) is 10.3. The number of allylic oxidation sites excluding steroid dienone is 3. The molecule has 0 aromatic rings. The molecule has 0 aromatic heterocycles. The fraction of sp³-hybridized carbons (Fsp3) is 0.800. The Balaban J connectivity index is 1.68. The summed E-state index contributed by atoms with van der Waals surface area (Å²) in [5.74, 6) is 0.737. The highest BCUT2D eigenvalue weighted by atomic mass is 28.3. The SMILES string of the molecule is C[C@@H]1C=C2C=C[C@@H](C)[C@@H](CCC3C[C@@H](O)CC(=O)O3)[C@@H]2[C@@H](OC(=O)[C@H](C)CC[Si](C)(C)C(C)(C)C)C1. The average Bonchev–Trinajstić information content (AvgIpc) is 2.75. The third-order valence-electron chi connectivity index (χ3n) is 9.56. The average molecular weight is 519 g/mol. The van der Waals surface area contributed by atoms with E-state index in [0.717, 1.165) is 31.7 Å². The maximum atomic E-state index is 13.3. The Hall–Kier alpha value is -1.40. The second-order valence-corrected chi connectivity index (χ2v) is 19.4. The first-order valence-corrected chi connectivity index (χ1v) is 17.4. The number of carbonyl (C=O) groups is 2. The van der Waals surface area contributed by atoms with Gasteiger partial charge in [0.05, 0.1) is 26.5 Å². The smallest absolute Gasteiger partial charge is 0.308 e. The lowest BCUT2D eigenvalue weighted by Crippen LogP contribution is -2.42. The molecular weight excluding hydrogens is 468 g/mol. The predicted molar refractivity (Wildman–Crippen MR) is 147 cm³/mol. The van der Waals surface area contributed by atoms with Crippen LogP contribution in [0.5, 0.6) is 0 Å². The summed E-state index contributed by atoms with van der Waals surface area (Å²) in [7, 11) is -1.44. The van der Waals surface area contributed by atoms with Gasteiger partial charge in [-0.3, -0.25) is 9.59 Å². The molecule has 1 heterocycles. The van der Waals surface area contributed by atoms with E-state index in [1.807, 2.05) is 6.92 Å². The topological polar surface area (TPSA) is 72.8 Å². The van der Waals surface area contributed by atoms with Gasteiger partial charge < -0.3 is 14.6 Å². The van der Waals surface area contributed by atoms with Crippen molar-refractivity contribution in [2.24, 2.45) is 29.6 Å². The second-order valence-electron chi connectivity index (χ2n) is 13.6. The van der Waals surface area contributed by atoms with Gasteiger partial charge in [0.15, 0.2) is 0 Å². The molecule has 1 saturated heterocycles. The maximum absolute atomic E-state index is 13.3. The van der Waals surface area contributed by atoms with E-state index in [4.69, 9.17) is 9.47 Å². The lowest BCUT2D eigenvalue weighted by Gasteiger charge is -2.43. The van der Waals surface area contributed by atoms with Gasteiger partial charge in [0.25, 0.3) is 0 Å². The van der Waals surface area contributed by atoms with Crippen molar-refractivity contribution in [1.29, 1.82) is 0 Å². The zero-order valence-electron chi connectivity index (χ0n) is 23.9. The number of aliphatic hydroxyl groups excluding tert-OH is 1. The Bertz CT molecular complexity index is 854. The summed E-state index contributed by atoms with van der Waals surface area (Å²) in [4.78, 5) is 25.1. The molecule has 5 nitrogen and oxygen atoms in total. The molecule has 8 atom stereocenters. The highest BCUT2D eigenvalue weighted by molar-refractivity contribution is 6.80. The number of cyclic esters (lactones) is 1. The molecule has 36 heavy (non-hydrogen) atoms. The number of hydrogen-bond acceptors (Lipinski definition) is 5. The molecular formula is C30H50O5Si. The van der Waals surface area contributed by atoms with Crippen LogP contribution >= 0.6 is 0 Å². The van der Waals surface area contributed by atoms with Crippen molar-refractivity contribution < 1.29 is 24.2 Å². The van der Waals surface area contributed by atoms with E-state index in [0.29, 0.717) is 29.2 Å². The molecule has 1 unspecified atom stereocenters. The van der Waals surface area contributed by atoms with Crippen LogP contribution < -0.4 is 0 Å². The lowest BCUT2D eigenvalue weighted by molar-refractivity contribution is -0.162. The standard InChI is InChI=1S/C30H50O5Si/c1-19-15-22-10-9-20(2)25(12-11-24-17-23(31)18-27(32)34-24)28(22)26(16-19)35-29(33)21(3)13-14-36(7,8)30(4,5)6/h9-10,15,19-21,23-26,28,31H,11-14,16-18H2,1-8H3/t19-,20-,21-,23-,24?,25-,26+,28-/m1/s1. The van der Waals surface area contributed by atoms with E-state index >= 15 is 0 Å². The van der Waals surface area contributed by atoms with E-state index in [9.17, 15) is 14.7 Å². The predicted octanol–water partition coefficient (Wildman–Crippen LogP) is 6.68. The van der Waals surface area contributed by atoms with Crippen LogP contribution in [0, 0.1) is 29.6 Å². The van der Waals surface area contributed by atoms with Gasteiger partial charge in [-0.15, -0.1) is 0 Å². The minimum absolute atomic E-state index is 0.0579. The number of esters is 2. The van der Waals surface area contributed by atoms with E-state index in [1.54, 1.807) is 0 Å². The van der Waals surface area contributed by atoms with Crippen molar-refractivity contribution in [1.82, 2.24) is 0 Å². The Kier molecular flexibility index (Phi) is 9.35. The zero-order chi connectivity index (χ0) is 26.8. The second kappa shape index (κ2) is 11.5. The van der Waals surface area contributed by atoms with Gasteiger partial charge in [-0.2, -0.15) is 0 Å². The minimum atomic E-state index is -1.44. The molecule has 1 aliphatic heterocycles. The van der Waals surface area contributed by atoms with Crippen LogP contribution in [-0.4, -0.2) is 43.4 Å². The molecule has 204 valence electrons. The summed E-state index contributed by atoms with van der Waals surface area (Å²) in [5.41, 5.74) is 1.28. The first-order chi connectivity index (χ1) is 16.7. The number of ether oxygens (including phenoxy) is 2. The number of fused-ring (bicyclic) bond motifs is 1. The van der Waals surface area contributed by atoms with Crippen LogP contribution in [0.15, 0.2) is 23.8 Å². The highest BCUT2D eigenvalue weighted by Gasteiger charge is 2.42. The number of carbonyl (C=O) groups excluding carboxylic acids is 2. The van der Waals surface area contributed by atoms with E-state index in [1.165, 1.54) is 5.57 Å². The third-order valence-corrected chi connectivity index (χ3v) is 15.2. The summed E-state index contributed by atoms with van der Waals surface area (Å²) < 4.78 is 11.8. The monoisotopic (exact) mass is 518 g/mol. The van der Waals surface area contributed by atoms with Crippen molar-refractivity contribution in [2.75, 3.05) is 0 Å². The molecule has 0 spiro atoms. The van der Waals surface area contributed by atoms with Crippen LogP contribution in [0.1, 0.15) is 80.1 Å². The summed E-state index contributed by atoms with van der Waals surface area (Å²) >= 11 is 0. The van der Waals surface area contributed by atoms with Gasteiger partial charge in [-0.1, -0.05) is 78.9 Å². The molecule has 6 heteroatoms. The molecule has 1 fully saturated rings. The number of hydrogen-bond donors (Lipinski definition) is 1. The molecule has 0 amide bonds. The van der Waals surface area contributed by atoms with Gasteiger partial charge in [0.2, 0.25) is 0 Å². The molecule has 0 radical (unpaired) electrons. The normalized spacial score (nSPS) is 33.9. The first kappa shape index (κ1) is 29.2. The van der Waals surface area contributed by atoms with Crippen molar-refractivity contribution in [3.05, 3.63) is 23.8 Å². The van der Waals surface area contributed by atoms with E-state index in [2.05, 4.69) is 65.9 Å². The van der Waals surface area contributed by atoms with Crippen molar-refractivity contribution in [3.63, 3.8) is 0 Å². The maximum Gasteiger partial charge on any atom is 0.308 e. The highest BCUT2D eigenvalue weighted by Crippen LogP contribution is 2.46. The van der Waals surface area contributed by atoms with Crippen LogP contribution in [-0.2, 0) is 19.1 Å². The minimum Gasteiger partial charge on any atom is -0.462 e. The summed E-state index contributed by atoms with van der Waals surface area (Å²) in [6.07, 6.45) is 9.84. The van der Waals surface area contributed by atoms with Crippen molar-refractivity contribution >= 4 is 20.0 Å². The van der Waals surface area contributed by atoms with E-state index in [-0.39, 0.29) is 42.4 Å². The first-order valence-electron chi connectivity index (χ1n) is 14.2. The largest absolute Gasteiger partial charge is 0.462 e. The molecule has 2 aliphatic carbocycles. The molecule has 1 N–H and O–H groups in total. The Labute approximate surface area is 220 Å². The Morgan fingerprint density at radius 1 is 1.22 bits per heavy atom. The van der Waals surface area contributed by atoms with Gasteiger partial charge in [-0.05, 0) is 54.0 Å². The quantitative estimate of drug-likeness (QED) is 0.286. The van der Waals surface area contributed by atoms with Gasteiger partial charge >= 0.3 is 11.9 Å². The molecule has 0 bridgehead atoms. The third kappa shape index (κ3) is 7.12. The molecule has 3 aliphatic rings. The van der Waals surface area contributed by atoms with Gasteiger partial charge in [-0.25, -0.2) is 0 Å². The Morgan fingerprint density at radius 3 is 2.56 bits per heavy atom. The van der Waals surface area contributed by atoms with Gasteiger partial charge in [0.1, 0.15) is 12.2 Å². The fourth-order valence-electron chi connectivity index (χ4n) is 5.97. The number of rotatable bonds is 8. The zero-order valence-corrected chi connectivity index (χ0v) is 24.9. The summed E-state index contributed by atoms with van der Waals surface area (Å²) in [6.45, 7) is 18.3. The molecule has 3 rings (SSSR count). The van der Waals surface area contributed by atoms with Crippen molar-refractivity contribution in [2.45, 2.75) is 123 Å².